The summed E-state index contributed by atoms with van der Waals surface area (Å²) in [6, 6.07) is 2.22. The van der Waals surface area contributed by atoms with Gasteiger partial charge in [-0.25, -0.2) is 0 Å². The average Bonchev–Trinajstić information content (AvgIpc) is 2.70. The Morgan fingerprint density at radius 2 is 1.75 bits per heavy atom. The van der Waals surface area contributed by atoms with Gasteiger partial charge in [-0.05, 0) is 66.9 Å². The molecule has 0 fully saturated rings. The molecule has 2 atom stereocenters. The number of hydrogen-bond acceptors (Lipinski definition) is 4. The smallest absolute Gasteiger partial charge is 0.410 e. The molecule has 2 aromatic rings. The van der Waals surface area contributed by atoms with E-state index in [9.17, 15) is 18.3 Å². The molecular formula is C28H41F3N2O2Si. The zero-order chi connectivity index (χ0) is 27.4. The minimum absolute atomic E-state index is 0.00281. The van der Waals surface area contributed by atoms with Gasteiger partial charge in [0.15, 0.2) is 8.32 Å². The van der Waals surface area contributed by atoms with Crippen molar-refractivity contribution in [3.63, 3.8) is 0 Å². The molecule has 0 unspecified atom stereocenters. The van der Waals surface area contributed by atoms with Crippen LogP contribution in [-0.2, 0) is 17.0 Å². The highest BCUT2D eigenvalue weighted by Gasteiger charge is 2.44. The van der Waals surface area contributed by atoms with E-state index in [-0.39, 0.29) is 28.2 Å². The van der Waals surface area contributed by atoms with Gasteiger partial charge in [-0.15, -0.1) is 0 Å². The average molecular weight is 523 g/mol. The molecule has 36 heavy (non-hydrogen) atoms. The monoisotopic (exact) mass is 522 g/mol. The van der Waals surface area contributed by atoms with Crippen molar-refractivity contribution in [1.29, 1.82) is 0 Å². The highest BCUT2D eigenvalue weighted by atomic mass is 28.4. The quantitative estimate of drug-likeness (QED) is 0.404. The molecule has 1 aliphatic rings. The van der Waals surface area contributed by atoms with E-state index in [0.29, 0.717) is 5.56 Å². The van der Waals surface area contributed by atoms with Crippen molar-refractivity contribution in [2.45, 2.75) is 111 Å². The predicted octanol–water partition coefficient (Wildman–Crippen LogP) is 8.04. The molecule has 0 bridgehead atoms. The summed E-state index contributed by atoms with van der Waals surface area (Å²) in [5, 5.41) is 11.5. The second-order valence-corrected chi connectivity index (χ2v) is 17.6. The van der Waals surface area contributed by atoms with E-state index in [1.54, 1.807) is 0 Å². The van der Waals surface area contributed by atoms with Gasteiger partial charge in [-0.3, -0.25) is 9.97 Å². The molecule has 0 saturated heterocycles. The van der Waals surface area contributed by atoms with Gasteiger partial charge in [-0.2, -0.15) is 13.2 Å². The van der Waals surface area contributed by atoms with Crippen molar-refractivity contribution < 1.29 is 22.7 Å². The molecular weight excluding hydrogens is 481 g/mol. The first-order chi connectivity index (χ1) is 16.2. The van der Waals surface area contributed by atoms with Crippen molar-refractivity contribution in [2.75, 3.05) is 0 Å². The van der Waals surface area contributed by atoms with E-state index in [2.05, 4.69) is 52.7 Å². The zero-order valence-corrected chi connectivity index (χ0v) is 24.3. The van der Waals surface area contributed by atoms with E-state index >= 15 is 0 Å². The van der Waals surface area contributed by atoms with Crippen molar-refractivity contribution in [3.05, 3.63) is 57.7 Å². The molecule has 0 spiro atoms. The molecule has 2 aromatic heterocycles. The van der Waals surface area contributed by atoms with E-state index in [1.165, 1.54) is 6.07 Å². The summed E-state index contributed by atoms with van der Waals surface area (Å²) in [6.45, 7) is 21.6. The summed E-state index contributed by atoms with van der Waals surface area (Å²) in [5.41, 5.74) is 3.63. The lowest BCUT2D eigenvalue weighted by Crippen LogP contribution is -2.44. The summed E-state index contributed by atoms with van der Waals surface area (Å²) in [4.78, 5) is 9.07. The SMILES string of the molecule is Cc1c([C@@H](O)c2ccc(C(F)(F)F)cn2)c(C(C)C)nc2c1[C@@H](O[Si](C)(C)C(C)(C)C)CC(C)(C)C2. The maximum absolute atomic E-state index is 13.1. The Balaban J connectivity index is 2.18. The maximum Gasteiger partial charge on any atom is 0.417 e. The maximum atomic E-state index is 13.1. The fourth-order valence-corrected chi connectivity index (χ4v) is 6.08. The Hall–Kier alpha value is -1.77. The number of aromatic nitrogens is 2. The molecule has 1 N–H and O–H groups in total. The first kappa shape index (κ1) is 28.8. The molecule has 0 radical (unpaired) electrons. The van der Waals surface area contributed by atoms with Crippen LogP contribution in [0.25, 0.3) is 0 Å². The van der Waals surface area contributed by atoms with Gasteiger partial charge in [0.2, 0.25) is 0 Å². The van der Waals surface area contributed by atoms with E-state index in [1.807, 2.05) is 20.8 Å². The fourth-order valence-electron chi connectivity index (χ4n) is 4.81. The van der Waals surface area contributed by atoms with E-state index in [4.69, 9.17) is 9.41 Å². The number of halogens is 3. The first-order valence-corrected chi connectivity index (χ1v) is 15.6. The Kier molecular flexibility index (Phi) is 7.61. The van der Waals surface area contributed by atoms with Gasteiger partial charge in [0.1, 0.15) is 6.10 Å². The van der Waals surface area contributed by atoms with Crippen LogP contribution in [0.15, 0.2) is 18.3 Å². The molecule has 0 saturated carbocycles. The molecule has 2 heterocycles. The summed E-state index contributed by atoms with van der Waals surface area (Å²) in [6.07, 6.45) is -3.42. The number of nitrogens with zero attached hydrogens (tertiary/aromatic N) is 2. The Morgan fingerprint density at radius 3 is 2.22 bits per heavy atom. The van der Waals surface area contributed by atoms with Crippen molar-refractivity contribution in [1.82, 2.24) is 9.97 Å². The highest BCUT2D eigenvalue weighted by Crippen LogP contribution is 2.49. The minimum atomic E-state index is -4.48. The number of rotatable bonds is 5. The molecule has 4 nitrogen and oxygen atoms in total. The predicted molar refractivity (Wildman–Crippen MR) is 139 cm³/mol. The number of aliphatic hydroxyl groups is 1. The van der Waals surface area contributed by atoms with Gasteiger partial charge >= 0.3 is 6.18 Å². The number of fused-ring (bicyclic) bond motifs is 1. The fraction of sp³-hybridized carbons (Fsp3) is 0.643. The third-order valence-corrected chi connectivity index (χ3v) is 12.3. The van der Waals surface area contributed by atoms with Crippen LogP contribution >= 0.6 is 0 Å². The van der Waals surface area contributed by atoms with E-state index < -0.39 is 26.2 Å². The molecule has 0 aliphatic heterocycles. The van der Waals surface area contributed by atoms with Gasteiger partial charge in [-0.1, -0.05) is 48.5 Å². The van der Waals surface area contributed by atoms with Crippen LogP contribution < -0.4 is 0 Å². The number of hydrogen-bond donors (Lipinski definition) is 1. The summed E-state index contributed by atoms with van der Waals surface area (Å²) in [7, 11) is -2.12. The van der Waals surface area contributed by atoms with E-state index in [0.717, 1.165) is 47.6 Å². The number of pyridine rings is 2. The molecule has 8 heteroatoms. The standard InChI is InChI=1S/C28H41F3N2O2Si/c1-16(2)24-23(25(34)19-12-11-18(15-32-19)28(29,30)31)17(3)22-20(33-24)13-27(7,8)14-21(22)35-36(9,10)26(4,5)6/h11-12,15-16,21,25,34H,13-14H2,1-10H3/t21-,25-/m0/s1. The number of aliphatic hydroxyl groups excluding tert-OH is 1. The zero-order valence-electron chi connectivity index (χ0n) is 23.3. The molecule has 200 valence electrons. The highest BCUT2D eigenvalue weighted by molar-refractivity contribution is 6.74. The summed E-state index contributed by atoms with van der Waals surface area (Å²) in [5.74, 6) is 0.0119. The Morgan fingerprint density at radius 1 is 1.14 bits per heavy atom. The minimum Gasteiger partial charge on any atom is -0.410 e. The van der Waals surface area contributed by atoms with Crippen LogP contribution in [-0.4, -0.2) is 23.4 Å². The largest absolute Gasteiger partial charge is 0.417 e. The summed E-state index contributed by atoms with van der Waals surface area (Å²) >= 11 is 0. The topological polar surface area (TPSA) is 55.2 Å². The molecule has 1 aliphatic carbocycles. The number of alkyl halides is 3. The molecule has 0 amide bonds. The van der Waals surface area contributed by atoms with Crippen LogP contribution in [0.3, 0.4) is 0 Å². The van der Waals surface area contributed by atoms with Gasteiger partial charge in [0.25, 0.3) is 0 Å². The summed E-state index contributed by atoms with van der Waals surface area (Å²) < 4.78 is 46.2. The normalized spacial score (nSPS) is 19.4. The van der Waals surface area contributed by atoms with Crippen molar-refractivity contribution >= 4 is 8.32 Å². The third-order valence-electron chi connectivity index (χ3n) is 7.81. The Bertz CT molecular complexity index is 1100. The Labute approximate surface area is 214 Å². The van der Waals surface area contributed by atoms with Crippen LogP contribution in [0.5, 0.6) is 0 Å². The second-order valence-electron chi connectivity index (χ2n) is 12.8. The molecule has 3 rings (SSSR count). The van der Waals surface area contributed by atoms with Crippen LogP contribution in [0.2, 0.25) is 18.1 Å². The molecule has 0 aromatic carbocycles. The van der Waals surface area contributed by atoms with Gasteiger partial charge < -0.3 is 9.53 Å². The van der Waals surface area contributed by atoms with Crippen molar-refractivity contribution in [3.8, 4) is 0 Å². The lowest BCUT2D eigenvalue weighted by molar-refractivity contribution is -0.137. The lowest BCUT2D eigenvalue weighted by atomic mass is 9.72. The van der Waals surface area contributed by atoms with Crippen LogP contribution in [0, 0.1) is 12.3 Å². The van der Waals surface area contributed by atoms with Gasteiger partial charge in [0.05, 0.1) is 17.4 Å². The van der Waals surface area contributed by atoms with Crippen molar-refractivity contribution in [2.24, 2.45) is 5.41 Å². The second kappa shape index (κ2) is 9.51. The first-order valence-electron chi connectivity index (χ1n) is 12.7. The third kappa shape index (κ3) is 5.70. The lowest BCUT2D eigenvalue weighted by Gasteiger charge is -2.45. The van der Waals surface area contributed by atoms with Crippen LogP contribution in [0.4, 0.5) is 13.2 Å². The van der Waals surface area contributed by atoms with Crippen LogP contribution in [0.1, 0.15) is 112 Å². The van der Waals surface area contributed by atoms with Gasteiger partial charge in [0, 0.05) is 28.7 Å².